The third kappa shape index (κ3) is 4.39. The topological polar surface area (TPSA) is 66.8 Å². The molecule has 0 saturated carbocycles. The Labute approximate surface area is 188 Å². The highest BCUT2D eigenvalue weighted by atomic mass is 31.2. The highest BCUT2D eigenvalue weighted by Gasteiger charge is 2.25. The van der Waals surface area contributed by atoms with Crippen molar-refractivity contribution in [2.24, 2.45) is 0 Å². The molecule has 0 unspecified atom stereocenters. The predicted molar refractivity (Wildman–Crippen MR) is 130 cm³/mol. The lowest BCUT2D eigenvalue weighted by molar-refractivity contribution is 0.283. The molecule has 5 heteroatoms. The summed E-state index contributed by atoms with van der Waals surface area (Å²) in [5.74, 6) is 0.156. The molecule has 0 saturated heterocycles. The minimum Gasteiger partial charge on any atom is -0.404 e. The van der Waals surface area contributed by atoms with Crippen LogP contribution >= 0.6 is 7.82 Å². The van der Waals surface area contributed by atoms with Crippen molar-refractivity contribution in [3.05, 3.63) is 102 Å². The van der Waals surface area contributed by atoms with Crippen LogP contribution in [-0.2, 0) is 4.57 Å². The molecule has 0 bridgehead atoms. The Bertz CT molecular complexity index is 1340. The summed E-state index contributed by atoms with van der Waals surface area (Å²) in [6.07, 6.45) is 0. The maximum Gasteiger partial charge on any atom is 0.524 e. The number of rotatable bonds is 5. The second-order valence-electron chi connectivity index (χ2n) is 7.89. The lowest BCUT2D eigenvalue weighted by Crippen LogP contribution is -1.99. The fourth-order valence-electron chi connectivity index (χ4n) is 4.14. The van der Waals surface area contributed by atoms with Crippen molar-refractivity contribution < 1.29 is 18.9 Å². The Morgan fingerprint density at radius 1 is 0.562 bits per heavy atom. The SMILES string of the molecule is Cc1ccccc1-c1ccc(OP(=O)(O)O)c(-c2ccccc2C)c1-c1ccccc1C. The van der Waals surface area contributed by atoms with E-state index in [1.54, 1.807) is 6.07 Å². The molecule has 2 N–H and O–H groups in total. The summed E-state index contributed by atoms with van der Waals surface area (Å²) in [6, 6.07) is 27.5. The van der Waals surface area contributed by atoms with Crippen LogP contribution in [0.25, 0.3) is 33.4 Å². The maximum atomic E-state index is 11.9. The van der Waals surface area contributed by atoms with E-state index in [0.29, 0.717) is 5.56 Å². The fraction of sp³-hybridized carbons (Fsp3) is 0.111. The highest BCUT2D eigenvalue weighted by Crippen LogP contribution is 2.50. The zero-order chi connectivity index (χ0) is 22.9. The van der Waals surface area contributed by atoms with Gasteiger partial charge in [0.15, 0.2) is 0 Å². The van der Waals surface area contributed by atoms with E-state index in [-0.39, 0.29) is 5.75 Å². The molecule has 0 aromatic heterocycles. The first-order chi connectivity index (χ1) is 15.3. The standard InChI is InChI=1S/C27H25O4P/c1-18-10-4-7-13-21(18)24-16-17-25(31-32(28,29)30)27(23-15-9-6-12-20(23)3)26(24)22-14-8-5-11-19(22)2/h4-17H,1-3H3,(H2,28,29,30). The predicted octanol–water partition coefficient (Wildman–Crippen LogP) is 7.08. The summed E-state index contributed by atoms with van der Waals surface area (Å²) in [5.41, 5.74) is 8.60. The first-order valence-electron chi connectivity index (χ1n) is 10.4. The molecule has 32 heavy (non-hydrogen) atoms. The van der Waals surface area contributed by atoms with E-state index in [9.17, 15) is 14.4 Å². The first-order valence-corrected chi connectivity index (χ1v) is 11.9. The average Bonchev–Trinajstić information content (AvgIpc) is 2.74. The summed E-state index contributed by atoms with van der Waals surface area (Å²) in [6.45, 7) is 6.08. The van der Waals surface area contributed by atoms with Crippen LogP contribution < -0.4 is 4.52 Å². The second-order valence-corrected chi connectivity index (χ2v) is 9.05. The molecule has 0 aliphatic heterocycles. The van der Waals surface area contributed by atoms with Crippen molar-refractivity contribution in [3.63, 3.8) is 0 Å². The molecule has 4 aromatic rings. The Hall–Kier alpha value is -3.17. The summed E-state index contributed by atoms with van der Waals surface area (Å²) in [4.78, 5) is 19.3. The van der Waals surface area contributed by atoms with Crippen molar-refractivity contribution in [3.8, 4) is 39.1 Å². The van der Waals surface area contributed by atoms with E-state index in [0.717, 1.165) is 44.5 Å². The molecule has 4 rings (SSSR count). The third-order valence-corrected chi connectivity index (χ3v) is 6.08. The third-order valence-electron chi connectivity index (χ3n) is 5.65. The Kier molecular flexibility index (Phi) is 6.03. The molecular weight excluding hydrogens is 419 g/mol. The zero-order valence-corrected chi connectivity index (χ0v) is 19.1. The van der Waals surface area contributed by atoms with Crippen LogP contribution in [-0.4, -0.2) is 9.79 Å². The second kappa shape index (κ2) is 8.76. The van der Waals surface area contributed by atoms with Crippen molar-refractivity contribution in [2.45, 2.75) is 20.8 Å². The van der Waals surface area contributed by atoms with E-state index in [1.807, 2.05) is 80.6 Å². The van der Waals surface area contributed by atoms with Gasteiger partial charge >= 0.3 is 7.82 Å². The lowest BCUT2D eigenvalue weighted by atomic mass is 9.83. The van der Waals surface area contributed by atoms with Crippen molar-refractivity contribution in [1.29, 1.82) is 0 Å². The largest absolute Gasteiger partial charge is 0.524 e. The van der Waals surface area contributed by atoms with Gasteiger partial charge in [-0.3, -0.25) is 9.79 Å². The minimum absolute atomic E-state index is 0.156. The first kappa shape index (κ1) is 22.0. The monoisotopic (exact) mass is 444 g/mol. The highest BCUT2D eigenvalue weighted by molar-refractivity contribution is 7.46. The van der Waals surface area contributed by atoms with Crippen LogP contribution in [0.15, 0.2) is 84.9 Å². The van der Waals surface area contributed by atoms with Gasteiger partial charge in [-0.2, -0.15) is 0 Å². The Morgan fingerprint density at radius 2 is 1.00 bits per heavy atom. The van der Waals surface area contributed by atoms with Gasteiger partial charge in [0, 0.05) is 11.1 Å². The van der Waals surface area contributed by atoms with Gasteiger partial charge in [0.2, 0.25) is 0 Å². The maximum absolute atomic E-state index is 11.9. The summed E-state index contributed by atoms with van der Waals surface area (Å²) in [5, 5.41) is 0. The summed E-state index contributed by atoms with van der Waals surface area (Å²) >= 11 is 0. The van der Waals surface area contributed by atoms with Crippen LogP contribution in [0, 0.1) is 20.8 Å². The number of aryl methyl sites for hydroxylation is 3. The molecule has 0 aliphatic rings. The molecule has 0 aliphatic carbocycles. The van der Waals surface area contributed by atoms with Crippen molar-refractivity contribution >= 4 is 7.82 Å². The van der Waals surface area contributed by atoms with Gasteiger partial charge in [-0.25, -0.2) is 4.57 Å². The summed E-state index contributed by atoms with van der Waals surface area (Å²) in [7, 11) is -4.77. The Morgan fingerprint density at radius 3 is 1.47 bits per heavy atom. The number of benzene rings is 4. The molecule has 0 radical (unpaired) electrons. The van der Waals surface area contributed by atoms with Crippen LogP contribution in [0.5, 0.6) is 5.75 Å². The molecule has 4 aromatic carbocycles. The number of hydrogen-bond donors (Lipinski definition) is 2. The minimum atomic E-state index is -4.77. The van der Waals surface area contributed by atoms with E-state index in [2.05, 4.69) is 19.1 Å². The van der Waals surface area contributed by atoms with Crippen LogP contribution in [0.4, 0.5) is 0 Å². The molecule has 0 fully saturated rings. The summed E-state index contributed by atoms with van der Waals surface area (Å²) < 4.78 is 17.1. The number of phosphoric acid groups is 1. The molecule has 0 heterocycles. The smallest absolute Gasteiger partial charge is 0.404 e. The van der Waals surface area contributed by atoms with Crippen LogP contribution in [0.3, 0.4) is 0 Å². The van der Waals surface area contributed by atoms with Gasteiger partial charge in [-0.05, 0) is 65.8 Å². The van der Waals surface area contributed by atoms with E-state index in [1.165, 1.54) is 0 Å². The molecule has 0 spiro atoms. The van der Waals surface area contributed by atoms with Gasteiger partial charge in [0.05, 0.1) is 0 Å². The lowest BCUT2D eigenvalue weighted by Gasteiger charge is -2.23. The molecule has 0 atom stereocenters. The number of hydrogen-bond acceptors (Lipinski definition) is 2. The normalized spacial score (nSPS) is 11.4. The van der Waals surface area contributed by atoms with E-state index in [4.69, 9.17) is 4.52 Å². The van der Waals surface area contributed by atoms with Crippen LogP contribution in [0.1, 0.15) is 16.7 Å². The molecule has 162 valence electrons. The van der Waals surface area contributed by atoms with Gasteiger partial charge in [0.25, 0.3) is 0 Å². The van der Waals surface area contributed by atoms with Gasteiger partial charge in [-0.15, -0.1) is 0 Å². The van der Waals surface area contributed by atoms with Crippen LogP contribution in [0.2, 0.25) is 0 Å². The van der Waals surface area contributed by atoms with Crippen molar-refractivity contribution in [1.82, 2.24) is 0 Å². The van der Waals surface area contributed by atoms with E-state index < -0.39 is 7.82 Å². The molecule has 4 nitrogen and oxygen atoms in total. The molecule has 0 amide bonds. The van der Waals surface area contributed by atoms with E-state index >= 15 is 0 Å². The number of phosphoric ester groups is 1. The van der Waals surface area contributed by atoms with Gasteiger partial charge < -0.3 is 4.52 Å². The van der Waals surface area contributed by atoms with Gasteiger partial charge in [0.1, 0.15) is 5.75 Å². The fourth-order valence-corrected chi connectivity index (χ4v) is 4.55. The average molecular weight is 444 g/mol. The zero-order valence-electron chi connectivity index (χ0n) is 18.2. The quantitative estimate of drug-likeness (QED) is 0.323. The Balaban J connectivity index is 2.18. The van der Waals surface area contributed by atoms with Crippen molar-refractivity contribution in [2.75, 3.05) is 0 Å². The molecular formula is C27H25O4P. The van der Waals surface area contributed by atoms with Gasteiger partial charge in [-0.1, -0.05) is 78.9 Å².